The van der Waals surface area contributed by atoms with Crippen molar-refractivity contribution in [2.45, 2.75) is 20.0 Å². The average molecular weight is 372 g/mol. The standard InChI is InChI=1S/C24H24N2O2/c1-3-27-23-14-7-6-13-22(23)24-25-20(17-28-24)16-26(2)15-19-11-8-10-18-9-4-5-12-21(18)19/h4-14,17H,3,15-16H2,1-2H3. The number of rotatable bonds is 7. The second kappa shape index (κ2) is 8.28. The predicted octanol–water partition coefficient (Wildman–Crippen LogP) is 5.53. The molecule has 0 spiro atoms. The van der Waals surface area contributed by atoms with E-state index >= 15 is 0 Å². The van der Waals surface area contributed by atoms with Gasteiger partial charge in [-0.05, 0) is 42.4 Å². The molecular formula is C24H24N2O2. The Morgan fingerprint density at radius 2 is 1.71 bits per heavy atom. The molecule has 4 heteroatoms. The van der Waals surface area contributed by atoms with Crippen molar-refractivity contribution in [3.8, 4) is 17.2 Å². The fourth-order valence-corrected chi connectivity index (χ4v) is 3.48. The number of para-hydroxylation sites is 1. The Bertz CT molecular complexity index is 1070. The van der Waals surface area contributed by atoms with Gasteiger partial charge in [-0.1, -0.05) is 54.6 Å². The summed E-state index contributed by atoms with van der Waals surface area (Å²) in [7, 11) is 2.10. The molecule has 4 aromatic rings. The lowest BCUT2D eigenvalue weighted by Crippen LogP contribution is -2.17. The summed E-state index contributed by atoms with van der Waals surface area (Å²) in [6.07, 6.45) is 1.73. The summed E-state index contributed by atoms with van der Waals surface area (Å²) in [5.41, 5.74) is 3.10. The third-order valence-corrected chi connectivity index (χ3v) is 4.72. The summed E-state index contributed by atoms with van der Waals surface area (Å²) in [5, 5.41) is 2.56. The van der Waals surface area contributed by atoms with Crippen molar-refractivity contribution < 1.29 is 9.15 Å². The van der Waals surface area contributed by atoms with Crippen molar-refractivity contribution in [2.24, 2.45) is 0 Å². The van der Waals surface area contributed by atoms with E-state index in [1.54, 1.807) is 6.26 Å². The maximum absolute atomic E-state index is 5.74. The number of nitrogens with zero attached hydrogens (tertiary/aromatic N) is 2. The number of ether oxygens (including phenoxy) is 1. The minimum absolute atomic E-state index is 0.595. The molecule has 0 unspecified atom stereocenters. The van der Waals surface area contributed by atoms with Gasteiger partial charge in [0.25, 0.3) is 0 Å². The van der Waals surface area contributed by atoms with Gasteiger partial charge in [-0.25, -0.2) is 4.98 Å². The van der Waals surface area contributed by atoms with Crippen LogP contribution >= 0.6 is 0 Å². The lowest BCUT2D eigenvalue weighted by molar-refractivity contribution is 0.316. The molecule has 0 fully saturated rings. The van der Waals surface area contributed by atoms with Crippen molar-refractivity contribution in [2.75, 3.05) is 13.7 Å². The third kappa shape index (κ3) is 3.92. The lowest BCUT2D eigenvalue weighted by Gasteiger charge is -2.16. The molecule has 0 aliphatic carbocycles. The summed E-state index contributed by atoms with van der Waals surface area (Å²) < 4.78 is 11.4. The molecule has 0 saturated carbocycles. The molecule has 142 valence electrons. The van der Waals surface area contributed by atoms with Gasteiger partial charge < -0.3 is 9.15 Å². The predicted molar refractivity (Wildman–Crippen MR) is 112 cm³/mol. The highest BCUT2D eigenvalue weighted by molar-refractivity contribution is 5.85. The van der Waals surface area contributed by atoms with Crippen LogP contribution in [0.2, 0.25) is 0 Å². The molecule has 0 bridgehead atoms. The fraction of sp³-hybridized carbons (Fsp3) is 0.208. The van der Waals surface area contributed by atoms with Crippen LogP contribution in [0.1, 0.15) is 18.2 Å². The van der Waals surface area contributed by atoms with Crippen molar-refractivity contribution in [3.05, 3.63) is 84.3 Å². The summed E-state index contributed by atoms with van der Waals surface area (Å²) in [6.45, 7) is 4.14. The second-order valence-electron chi connectivity index (χ2n) is 6.88. The molecule has 28 heavy (non-hydrogen) atoms. The molecule has 4 nitrogen and oxygen atoms in total. The number of hydrogen-bond donors (Lipinski definition) is 0. The van der Waals surface area contributed by atoms with E-state index in [1.807, 2.05) is 31.2 Å². The monoisotopic (exact) mass is 372 g/mol. The molecule has 4 rings (SSSR count). The number of hydrogen-bond acceptors (Lipinski definition) is 4. The number of benzene rings is 3. The molecule has 0 aliphatic rings. The Balaban J connectivity index is 1.50. The van der Waals surface area contributed by atoms with Gasteiger partial charge in [-0.15, -0.1) is 0 Å². The smallest absolute Gasteiger partial charge is 0.229 e. The first kappa shape index (κ1) is 18.3. The van der Waals surface area contributed by atoms with Crippen molar-refractivity contribution >= 4 is 10.8 Å². The molecule has 0 atom stereocenters. The van der Waals surface area contributed by atoms with E-state index in [9.17, 15) is 0 Å². The quantitative estimate of drug-likeness (QED) is 0.428. The fourth-order valence-electron chi connectivity index (χ4n) is 3.48. The van der Waals surface area contributed by atoms with Gasteiger partial charge >= 0.3 is 0 Å². The van der Waals surface area contributed by atoms with Crippen molar-refractivity contribution in [1.29, 1.82) is 0 Å². The number of oxazole rings is 1. The largest absolute Gasteiger partial charge is 0.493 e. The van der Waals surface area contributed by atoms with Gasteiger partial charge in [0, 0.05) is 13.1 Å². The zero-order valence-electron chi connectivity index (χ0n) is 16.3. The molecule has 0 saturated heterocycles. The molecule has 3 aromatic carbocycles. The van der Waals surface area contributed by atoms with E-state index in [-0.39, 0.29) is 0 Å². The van der Waals surface area contributed by atoms with Gasteiger partial charge in [-0.3, -0.25) is 4.90 Å². The first-order valence-electron chi connectivity index (χ1n) is 9.56. The van der Waals surface area contributed by atoms with Gasteiger partial charge in [0.1, 0.15) is 12.0 Å². The molecule has 0 N–H and O–H groups in total. The average Bonchev–Trinajstić information content (AvgIpc) is 3.17. The molecule has 1 heterocycles. The van der Waals surface area contributed by atoms with E-state index in [0.717, 1.165) is 23.6 Å². The van der Waals surface area contributed by atoms with Gasteiger partial charge in [0.15, 0.2) is 0 Å². The van der Waals surface area contributed by atoms with Crippen LogP contribution in [0, 0.1) is 0 Å². The third-order valence-electron chi connectivity index (χ3n) is 4.72. The Kier molecular flexibility index (Phi) is 5.40. The lowest BCUT2D eigenvalue weighted by atomic mass is 10.0. The van der Waals surface area contributed by atoms with Crippen LogP contribution in [-0.4, -0.2) is 23.5 Å². The molecule has 0 amide bonds. The SMILES string of the molecule is CCOc1ccccc1-c1nc(CN(C)Cc2cccc3ccccc23)co1. The van der Waals surface area contributed by atoms with E-state index < -0.39 is 0 Å². The highest BCUT2D eigenvalue weighted by atomic mass is 16.5. The maximum Gasteiger partial charge on any atom is 0.229 e. The number of aromatic nitrogens is 1. The van der Waals surface area contributed by atoms with Gasteiger partial charge in [0.2, 0.25) is 5.89 Å². The Morgan fingerprint density at radius 3 is 2.61 bits per heavy atom. The minimum atomic E-state index is 0.595. The Morgan fingerprint density at radius 1 is 0.929 bits per heavy atom. The Hall–Kier alpha value is -3.11. The summed E-state index contributed by atoms with van der Waals surface area (Å²) in [4.78, 5) is 6.93. The maximum atomic E-state index is 5.74. The zero-order chi connectivity index (χ0) is 19.3. The molecule has 0 aliphatic heterocycles. The normalized spacial score (nSPS) is 11.2. The first-order valence-corrected chi connectivity index (χ1v) is 9.56. The summed E-state index contributed by atoms with van der Waals surface area (Å²) in [5.74, 6) is 1.39. The van der Waals surface area contributed by atoms with Crippen LogP contribution in [0.5, 0.6) is 5.75 Å². The molecule has 1 aromatic heterocycles. The van der Waals surface area contributed by atoms with E-state index in [4.69, 9.17) is 9.15 Å². The van der Waals surface area contributed by atoms with Crippen molar-refractivity contribution in [3.63, 3.8) is 0 Å². The molecular weight excluding hydrogens is 348 g/mol. The van der Waals surface area contributed by atoms with Crippen LogP contribution in [0.4, 0.5) is 0 Å². The van der Waals surface area contributed by atoms with E-state index in [2.05, 4.69) is 59.4 Å². The topological polar surface area (TPSA) is 38.5 Å². The van der Waals surface area contributed by atoms with Crippen LogP contribution in [0.3, 0.4) is 0 Å². The highest BCUT2D eigenvalue weighted by Gasteiger charge is 2.13. The molecule has 0 radical (unpaired) electrons. The minimum Gasteiger partial charge on any atom is -0.493 e. The first-order chi connectivity index (χ1) is 13.7. The summed E-state index contributed by atoms with van der Waals surface area (Å²) in [6, 6.07) is 22.8. The van der Waals surface area contributed by atoms with E-state index in [1.165, 1.54) is 16.3 Å². The second-order valence-corrected chi connectivity index (χ2v) is 6.88. The van der Waals surface area contributed by atoms with Crippen molar-refractivity contribution in [1.82, 2.24) is 9.88 Å². The van der Waals surface area contributed by atoms with Crippen LogP contribution < -0.4 is 4.74 Å². The van der Waals surface area contributed by atoms with Gasteiger partial charge in [0.05, 0.1) is 17.9 Å². The highest BCUT2D eigenvalue weighted by Crippen LogP contribution is 2.29. The van der Waals surface area contributed by atoms with Crippen LogP contribution in [-0.2, 0) is 13.1 Å². The van der Waals surface area contributed by atoms with E-state index in [0.29, 0.717) is 19.0 Å². The summed E-state index contributed by atoms with van der Waals surface area (Å²) >= 11 is 0. The number of fused-ring (bicyclic) bond motifs is 1. The zero-order valence-corrected chi connectivity index (χ0v) is 16.3. The van der Waals surface area contributed by atoms with Crippen LogP contribution in [0.15, 0.2) is 77.4 Å². The Labute approximate surface area is 165 Å². The van der Waals surface area contributed by atoms with Gasteiger partial charge in [-0.2, -0.15) is 0 Å². The van der Waals surface area contributed by atoms with Crippen LogP contribution in [0.25, 0.3) is 22.2 Å².